The Bertz CT molecular complexity index is 287. The molecular formula is C13H26BrN2O2+. The maximum Gasteiger partial charge on any atom is 0.220 e. The van der Waals surface area contributed by atoms with Gasteiger partial charge in [0.15, 0.2) is 0 Å². The monoisotopic (exact) mass is 321 g/mol. The first kappa shape index (κ1) is 15.9. The number of piperidine rings is 1. The fourth-order valence-corrected chi connectivity index (χ4v) is 3.19. The summed E-state index contributed by atoms with van der Waals surface area (Å²) in [6, 6.07) is 0.180. The molecule has 0 radical (unpaired) electrons. The number of hydroxylamine groups is 2. The van der Waals surface area contributed by atoms with Gasteiger partial charge in [-0.3, -0.25) is 4.79 Å². The first-order chi connectivity index (χ1) is 8.19. The van der Waals surface area contributed by atoms with Crippen molar-refractivity contribution >= 4 is 21.8 Å². The number of carbonyl (C=O) groups excluding carboxylic acids is 1. The topological polar surface area (TPSA) is 55.2 Å². The third-order valence-corrected chi connectivity index (χ3v) is 4.17. The van der Waals surface area contributed by atoms with Crippen LogP contribution in [0, 0.1) is 0 Å². The molecule has 0 aromatic carbocycles. The summed E-state index contributed by atoms with van der Waals surface area (Å²) in [6.45, 7) is 8.27. The van der Waals surface area contributed by atoms with E-state index in [2.05, 4.69) is 48.9 Å². The van der Waals surface area contributed by atoms with Crippen LogP contribution < -0.4 is 5.32 Å². The molecular weight excluding hydrogens is 296 g/mol. The van der Waals surface area contributed by atoms with E-state index in [4.69, 9.17) is 5.21 Å². The van der Waals surface area contributed by atoms with Crippen LogP contribution in [0.25, 0.3) is 0 Å². The molecule has 1 rings (SSSR count). The molecule has 0 saturated carbocycles. The van der Waals surface area contributed by atoms with Crippen molar-refractivity contribution in [1.82, 2.24) is 10.4 Å². The zero-order valence-corrected chi connectivity index (χ0v) is 13.4. The number of hydrogen-bond acceptors (Lipinski definition) is 2. The largest absolute Gasteiger partial charge is 0.353 e. The van der Waals surface area contributed by atoms with Gasteiger partial charge in [0.1, 0.15) is 0 Å². The van der Waals surface area contributed by atoms with Crippen LogP contribution in [0.15, 0.2) is 0 Å². The van der Waals surface area contributed by atoms with Gasteiger partial charge in [0, 0.05) is 17.8 Å². The lowest BCUT2D eigenvalue weighted by Crippen LogP contribution is -2.62. The molecule has 106 valence electrons. The van der Waals surface area contributed by atoms with Gasteiger partial charge in [-0.2, -0.15) is 0 Å². The summed E-state index contributed by atoms with van der Waals surface area (Å²) in [7, 11) is 0. The van der Waals surface area contributed by atoms with E-state index < -0.39 is 0 Å². The predicted molar refractivity (Wildman–Crippen MR) is 77.8 cm³/mol. The van der Waals surface area contributed by atoms with Crippen LogP contribution in [0.3, 0.4) is 0 Å². The first-order valence-electron chi connectivity index (χ1n) is 6.56. The number of alkyl halides is 1. The second-order valence-corrected chi connectivity index (χ2v) is 7.22. The molecule has 4 nitrogen and oxygen atoms in total. The lowest BCUT2D eigenvalue weighted by Gasteiger charge is -2.47. The Morgan fingerprint density at radius 1 is 1.33 bits per heavy atom. The highest BCUT2D eigenvalue weighted by molar-refractivity contribution is 9.09. The number of rotatable bonds is 4. The van der Waals surface area contributed by atoms with Crippen molar-refractivity contribution in [3.8, 4) is 0 Å². The predicted octanol–water partition coefficient (Wildman–Crippen LogP) is 1.94. The van der Waals surface area contributed by atoms with Gasteiger partial charge in [-0.1, -0.05) is 21.0 Å². The van der Waals surface area contributed by atoms with Crippen molar-refractivity contribution in [3.63, 3.8) is 0 Å². The molecule has 0 aromatic rings. The van der Waals surface area contributed by atoms with E-state index in [-0.39, 0.29) is 23.0 Å². The van der Waals surface area contributed by atoms with Gasteiger partial charge in [0.25, 0.3) is 0 Å². The highest BCUT2D eigenvalue weighted by Gasteiger charge is 2.48. The molecule has 0 aromatic heterocycles. The summed E-state index contributed by atoms with van der Waals surface area (Å²) in [5.74, 6) is 0.129. The van der Waals surface area contributed by atoms with Crippen LogP contribution in [0.1, 0.15) is 53.4 Å². The van der Waals surface area contributed by atoms with Crippen molar-refractivity contribution in [2.75, 3.05) is 5.33 Å². The molecule has 1 heterocycles. The van der Waals surface area contributed by atoms with Gasteiger partial charge < -0.3 is 10.5 Å². The molecule has 1 amide bonds. The summed E-state index contributed by atoms with van der Waals surface area (Å²) in [5, 5.41) is 13.8. The van der Waals surface area contributed by atoms with Gasteiger partial charge >= 0.3 is 0 Å². The van der Waals surface area contributed by atoms with Crippen molar-refractivity contribution in [2.45, 2.75) is 70.5 Å². The lowest BCUT2D eigenvalue weighted by atomic mass is 9.79. The Morgan fingerprint density at radius 2 is 1.83 bits per heavy atom. The van der Waals surface area contributed by atoms with Crippen molar-refractivity contribution in [2.24, 2.45) is 0 Å². The van der Waals surface area contributed by atoms with Crippen LogP contribution in [-0.2, 0) is 4.79 Å². The molecule has 5 heteroatoms. The molecule has 0 aliphatic carbocycles. The molecule has 1 aliphatic heterocycles. The summed E-state index contributed by atoms with van der Waals surface area (Å²) < 4.78 is 0. The average molecular weight is 322 g/mol. The highest BCUT2D eigenvalue weighted by Crippen LogP contribution is 2.36. The Balaban J connectivity index is 2.61. The highest BCUT2D eigenvalue weighted by atomic mass is 79.9. The Kier molecular flexibility index (Phi) is 5.21. The third kappa shape index (κ3) is 3.93. The standard InChI is InChI=1S/C13H25BrN2O2/c1-12(2)8-10(9-13(3,4)16(12)18)15-11(17)6-5-7-14/h10,18H,5-9H2,1-4H3,(H,15,17)/p+1. The maximum atomic E-state index is 11.8. The number of amides is 1. The fraction of sp³-hybridized carbons (Fsp3) is 0.923. The summed E-state index contributed by atoms with van der Waals surface area (Å²) in [6.07, 6.45) is 3.11. The third-order valence-electron chi connectivity index (χ3n) is 3.61. The van der Waals surface area contributed by atoms with Gasteiger partial charge in [0.2, 0.25) is 5.91 Å². The SMILES string of the molecule is CC1(C)CC(NC(=O)CCCBr)CC(C)(C)N1[OH2+]. The minimum atomic E-state index is -0.199. The van der Waals surface area contributed by atoms with E-state index in [1.807, 2.05) is 0 Å². The van der Waals surface area contributed by atoms with Crippen LogP contribution >= 0.6 is 15.9 Å². The van der Waals surface area contributed by atoms with Gasteiger partial charge in [-0.15, -0.1) is 0 Å². The summed E-state index contributed by atoms with van der Waals surface area (Å²) in [4.78, 5) is 11.8. The molecule has 0 atom stereocenters. The van der Waals surface area contributed by atoms with E-state index in [9.17, 15) is 4.79 Å². The van der Waals surface area contributed by atoms with Crippen LogP contribution in [0.2, 0.25) is 0 Å². The molecule has 18 heavy (non-hydrogen) atoms. The van der Waals surface area contributed by atoms with E-state index in [0.717, 1.165) is 24.6 Å². The van der Waals surface area contributed by atoms with E-state index >= 15 is 0 Å². The first-order valence-corrected chi connectivity index (χ1v) is 7.68. The van der Waals surface area contributed by atoms with Crippen LogP contribution in [0.4, 0.5) is 0 Å². The van der Waals surface area contributed by atoms with Gasteiger partial charge in [0.05, 0.1) is 11.1 Å². The minimum Gasteiger partial charge on any atom is -0.353 e. The average Bonchev–Trinajstić information content (AvgIpc) is 2.22. The van der Waals surface area contributed by atoms with E-state index in [0.29, 0.717) is 6.42 Å². The van der Waals surface area contributed by atoms with E-state index in [1.54, 1.807) is 5.06 Å². The van der Waals surface area contributed by atoms with Crippen molar-refractivity contribution in [1.29, 1.82) is 0 Å². The summed E-state index contributed by atoms with van der Waals surface area (Å²) >= 11 is 3.34. The second-order valence-electron chi connectivity index (χ2n) is 6.43. The zero-order valence-electron chi connectivity index (χ0n) is 11.8. The second kappa shape index (κ2) is 5.88. The number of carbonyl (C=O) groups is 1. The molecule has 1 fully saturated rings. The molecule has 1 aliphatic rings. The van der Waals surface area contributed by atoms with Crippen LogP contribution in [0.5, 0.6) is 0 Å². The number of nitrogens with one attached hydrogen (secondary N) is 1. The zero-order chi connectivity index (χ0) is 14.0. The van der Waals surface area contributed by atoms with E-state index in [1.165, 1.54) is 0 Å². The minimum absolute atomic E-state index is 0.129. The number of nitrogens with zero attached hydrogens (tertiary/aromatic N) is 1. The lowest BCUT2D eigenvalue weighted by molar-refractivity contribution is -0.246. The fourth-order valence-electron chi connectivity index (χ4n) is 2.91. The quantitative estimate of drug-likeness (QED) is 0.635. The molecule has 3 N–H and O–H groups in total. The smallest absolute Gasteiger partial charge is 0.220 e. The molecule has 0 bridgehead atoms. The van der Waals surface area contributed by atoms with Gasteiger partial charge in [-0.25, -0.2) is 0 Å². The summed E-state index contributed by atoms with van der Waals surface area (Å²) in [5.41, 5.74) is -0.399. The number of halogens is 1. The maximum absolute atomic E-state index is 11.8. The van der Waals surface area contributed by atoms with Crippen molar-refractivity contribution < 1.29 is 10.0 Å². The molecule has 1 saturated heterocycles. The Morgan fingerprint density at radius 3 is 2.28 bits per heavy atom. The Hall–Kier alpha value is -0.130. The van der Waals surface area contributed by atoms with Gasteiger partial charge in [-0.05, 0) is 47.0 Å². The number of hydrogen-bond donors (Lipinski definition) is 1. The molecule has 0 unspecified atom stereocenters. The molecule has 0 spiro atoms. The van der Waals surface area contributed by atoms with Crippen molar-refractivity contribution in [3.05, 3.63) is 0 Å². The Labute approximate surface area is 118 Å². The normalized spacial score (nSPS) is 23.9. The van der Waals surface area contributed by atoms with Crippen LogP contribution in [-0.4, -0.2) is 38.6 Å².